The highest BCUT2D eigenvalue weighted by Gasteiger charge is 2.33. The molecule has 0 fully saturated rings. The number of hydrogen-bond donors (Lipinski definition) is 0. The molecule has 0 spiro atoms. The second kappa shape index (κ2) is 7.72. The summed E-state index contributed by atoms with van der Waals surface area (Å²) in [7, 11) is 0. The molecular formula is C15H23N3O4. The fraction of sp³-hybridized carbons (Fsp3) is 0.600. The minimum absolute atomic E-state index is 0.175. The van der Waals surface area contributed by atoms with Crippen molar-refractivity contribution in [2.75, 3.05) is 18.0 Å². The zero-order valence-electron chi connectivity index (χ0n) is 13.5. The molecule has 0 saturated heterocycles. The second-order valence-corrected chi connectivity index (χ2v) is 5.52. The number of anilines is 1. The fourth-order valence-electron chi connectivity index (χ4n) is 2.66. The lowest BCUT2D eigenvalue weighted by atomic mass is 9.96. The van der Waals surface area contributed by atoms with Crippen LogP contribution in [0, 0.1) is 20.2 Å². The average molecular weight is 309 g/mol. The van der Waals surface area contributed by atoms with Crippen LogP contribution >= 0.6 is 0 Å². The van der Waals surface area contributed by atoms with E-state index < -0.39 is 15.5 Å². The third kappa shape index (κ3) is 3.72. The minimum Gasteiger partial charge on any atom is -0.371 e. The molecule has 0 atom stereocenters. The predicted molar refractivity (Wildman–Crippen MR) is 86.6 cm³/mol. The van der Waals surface area contributed by atoms with Gasteiger partial charge in [-0.2, -0.15) is 0 Å². The van der Waals surface area contributed by atoms with Crippen LogP contribution in [0.2, 0.25) is 0 Å². The average Bonchev–Trinajstić information content (AvgIpc) is 2.45. The summed E-state index contributed by atoms with van der Waals surface area (Å²) in [5.74, 6) is -0.175. The van der Waals surface area contributed by atoms with E-state index >= 15 is 0 Å². The zero-order valence-corrected chi connectivity index (χ0v) is 13.5. The van der Waals surface area contributed by atoms with Crippen molar-refractivity contribution in [1.29, 1.82) is 0 Å². The molecule has 0 aliphatic rings. The molecule has 1 aromatic carbocycles. The predicted octanol–water partition coefficient (Wildman–Crippen LogP) is 4.25. The summed E-state index contributed by atoms with van der Waals surface area (Å²) in [6.07, 6.45) is 1.81. The Morgan fingerprint density at radius 1 is 1.05 bits per heavy atom. The number of nitro benzene ring substituents is 2. The molecule has 0 aliphatic carbocycles. The van der Waals surface area contributed by atoms with Crippen LogP contribution in [0.25, 0.3) is 0 Å². The Bertz CT molecular complexity index is 552. The monoisotopic (exact) mass is 309 g/mol. The van der Waals surface area contributed by atoms with E-state index in [-0.39, 0.29) is 11.6 Å². The summed E-state index contributed by atoms with van der Waals surface area (Å²) in [5, 5.41) is 22.5. The van der Waals surface area contributed by atoms with Crippen molar-refractivity contribution < 1.29 is 9.85 Å². The molecule has 1 aromatic rings. The van der Waals surface area contributed by atoms with E-state index in [4.69, 9.17) is 0 Å². The topological polar surface area (TPSA) is 89.5 Å². The molecule has 0 radical (unpaired) electrons. The van der Waals surface area contributed by atoms with E-state index in [1.807, 2.05) is 27.7 Å². The lowest BCUT2D eigenvalue weighted by Crippen LogP contribution is -2.26. The van der Waals surface area contributed by atoms with Crippen LogP contribution in [0.1, 0.15) is 52.0 Å². The molecule has 22 heavy (non-hydrogen) atoms. The van der Waals surface area contributed by atoms with E-state index in [0.29, 0.717) is 5.56 Å². The van der Waals surface area contributed by atoms with Gasteiger partial charge in [0, 0.05) is 24.8 Å². The highest BCUT2D eigenvalue weighted by molar-refractivity contribution is 5.71. The van der Waals surface area contributed by atoms with Crippen LogP contribution in [-0.4, -0.2) is 22.9 Å². The van der Waals surface area contributed by atoms with Crippen LogP contribution in [-0.2, 0) is 0 Å². The number of nitrogens with zero attached hydrogens (tertiary/aromatic N) is 3. The summed E-state index contributed by atoms with van der Waals surface area (Å²) in [6, 6.07) is 2.89. The molecule has 0 aliphatic heterocycles. The van der Waals surface area contributed by atoms with E-state index in [1.165, 1.54) is 6.07 Å². The van der Waals surface area contributed by atoms with E-state index in [2.05, 4.69) is 4.90 Å². The Morgan fingerprint density at radius 2 is 1.59 bits per heavy atom. The number of benzene rings is 1. The van der Waals surface area contributed by atoms with Crippen LogP contribution in [0.5, 0.6) is 0 Å². The molecular weight excluding hydrogens is 286 g/mol. The van der Waals surface area contributed by atoms with Gasteiger partial charge in [0.05, 0.1) is 15.4 Å². The smallest absolute Gasteiger partial charge is 0.351 e. The highest BCUT2D eigenvalue weighted by Crippen LogP contribution is 2.41. The Kier molecular flexibility index (Phi) is 6.27. The SMILES string of the molecule is CCCN(CCC)c1ccc([N+](=O)[O-])c([N+](=O)[O-])c1C(C)C. The van der Waals surface area contributed by atoms with Crippen molar-refractivity contribution in [3.63, 3.8) is 0 Å². The van der Waals surface area contributed by atoms with Gasteiger partial charge in [-0.15, -0.1) is 0 Å². The Hall–Kier alpha value is -2.18. The van der Waals surface area contributed by atoms with Gasteiger partial charge in [0.1, 0.15) is 0 Å². The number of rotatable bonds is 8. The molecule has 0 amide bonds. The maximum absolute atomic E-state index is 11.4. The van der Waals surface area contributed by atoms with Crippen molar-refractivity contribution in [1.82, 2.24) is 0 Å². The summed E-state index contributed by atoms with van der Waals surface area (Å²) in [5.41, 5.74) is 0.359. The molecule has 122 valence electrons. The molecule has 0 aromatic heterocycles. The molecule has 0 saturated carbocycles. The second-order valence-electron chi connectivity index (χ2n) is 5.52. The van der Waals surface area contributed by atoms with Gasteiger partial charge in [-0.05, 0) is 24.8 Å². The maximum atomic E-state index is 11.4. The third-order valence-corrected chi connectivity index (χ3v) is 3.46. The first kappa shape index (κ1) is 17.9. The van der Waals surface area contributed by atoms with Crippen molar-refractivity contribution >= 4 is 17.1 Å². The fourth-order valence-corrected chi connectivity index (χ4v) is 2.66. The number of hydrogen-bond acceptors (Lipinski definition) is 5. The van der Waals surface area contributed by atoms with E-state index in [9.17, 15) is 20.2 Å². The van der Waals surface area contributed by atoms with E-state index in [0.717, 1.165) is 31.6 Å². The molecule has 0 unspecified atom stereocenters. The third-order valence-electron chi connectivity index (χ3n) is 3.46. The Labute approximate surface area is 130 Å². The van der Waals surface area contributed by atoms with Crippen molar-refractivity contribution in [3.05, 3.63) is 37.9 Å². The summed E-state index contributed by atoms with van der Waals surface area (Å²) in [6.45, 7) is 9.26. The Morgan fingerprint density at radius 3 is 1.95 bits per heavy atom. The van der Waals surface area contributed by atoms with Crippen molar-refractivity contribution in [2.45, 2.75) is 46.5 Å². The van der Waals surface area contributed by atoms with Gasteiger partial charge in [-0.1, -0.05) is 27.7 Å². The van der Waals surface area contributed by atoms with Gasteiger partial charge < -0.3 is 4.90 Å². The zero-order chi connectivity index (χ0) is 16.9. The largest absolute Gasteiger partial charge is 0.371 e. The molecule has 0 N–H and O–H groups in total. The number of nitro groups is 2. The lowest BCUT2D eigenvalue weighted by Gasteiger charge is -2.27. The van der Waals surface area contributed by atoms with Crippen LogP contribution in [0.4, 0.5) is 17.1 Å². The van der Waals surface area contributed by atoms with Gasteiger partial charge in [0.25, 0.3) is 0 Å². The molecule has 1 rings (SSSR count). The van der Waals surface area contributed by atoms with Gasteiger partial charge in [0.2, 0.25) is 0 Å². The first-order valence-electron chi connectivity index (χ1n) is 7.55. The summed E-state index contributed by atoms with van der Waals surface area (Å²) < 4.78 is 0. The van der Waals surface area contributed by atoms with Gasteiger partial charge in [0.15, 0.2) is 0 Å². The van der Waals surface area contributed by atoms with Crippen LogP contribution < -0.4 is 4.90 Å². The summed E-state index contributed by atoms with van der Waals surface area (Å²) in [4.78, 5) is 23.3. The molecule has 7 nitrogen and oxygen atoms in total. The summed E-state index contributed by atoms with van der Waals surface area (Å²) >= 11 is 0. The van der Waals surface area contributed by atoms with Gasteiger partial charge >= 0.3 is 11.4 Å². The van der Waals surface area contributed by atoms with Crippen LogP contribution in [0.15, 0.2) is 12.1 Å². The molecule has 7 heteroatoms. The standard InChI is InChI=1S/C15H23N3O4/c1-5-9-16(10-6-2)12-7-8-13(17(19)20)15(18(21)22)14(12)11(3)4/h7-8,11H,5-6,9-10H2,1-4H3. The van der Waals surface area contributed by atoms with Crippen LogP contribution in [0.3, 0.4) is 0 Å². The maximum Gasteiger partial charge on any atom is 0.351 e. The normalized spacial score (nSPS) is 10.8. The quantitative estimate of drug-likeness (QED) is 0.529. The lowest BCUT2D eigenvalue weighted by molar-refractivity contribution is -0.423. The first-order valence-corrected chi connectivity index (χ1v) is 7.55. The van der Waals surface area contributed by atoms with Gasteiger partial charge in [-0.25, -0.2) is 0 Å². The minimum atomic E-state index is -0.683. The molecule has 0 bridgehead atoms. The Balaban J connectivity index is 3.61. The van der Waals surface area contributed by atoms with Gasteiger partial charge in [-0.3, -0.25) is 20.2 Å². The van der Waals surface area contributed by atoms with E-state index in [1.54, 1.807) is 6.07 Å². The first-order chi connectivity index (χ1) is 10.3. The molecule has 0 heterocycles. The highest BCUT2D eigenvalue weighted by atomic mass is 16.6. The van der Waals surface area contributed by atoms with Crippen molar-refractivity contribution in [3.8, 4) is 0 Å². The van der Waals surface area contributed by atoms with Crippen molar-refractivity contribution in [2.24, 2.45) is 0 Å².